The smallest absolute Gasteiger partial charge is 0.324 e. The van der Waals surface area contributed by atoms with Gasteiger partial charge in [-0.25, -0.2) is 8.42 Å². The van der Waals surface area contributed by atoms with Gasteiger partial charge in [-0.3, -0.25) is 9.10 Å². The van der Waals surface area contributed by atoms with Gasteiger partial charge in [0.05, 0.1) is 21.2 Å². The standard InChI is InChI=1S/C25H24ClF3N2O3S/c1-3-17-9-8-10-18(4-2)24(17)30-23(32)16-31(35(33,34)20-11-6-5-7-12-20)22-15-19(25(27,28)29)13-14-21(22)26/h5-15H,3-4,16H2,1-2H3,(H,30,32). The number of nitrogens with one attached hydrogen (secondary N) is 1. The van der Waals surface area contributed by atoms with E-state index in [0.29, 0.717) is 28.9 Å². The molecule has 0 saturated heterocycles. The molecule has 0 fully saturated rings. The van der Waals surface area contributed by atoms with E-state index < -0.39 is 39.9 Å². The van der Waals surface area contributed by atoms with Crippen LogP contribution in [0, 0.1) is 0 Å². The van der Waals surface area contributed by atoms with Gasteiger partial charge in [0, 0.05) is 5.69 Å². The monoisotopic (exact) mass is 524 g/mol. The molecule has 3 aromatic carbocycles. The second kappa shape index (κ2) is 10.7. The molecule has 1 N–H and O–H groups in total. The average Bonchev–Trinajstić information content (AvgIpc) is 2.83. The highest BCUT2D eigenvalue weighted by Gasteiger charge is 2.34. The first-order chi connectivity index (χ1) is 16.5. The Bertz CT molecular complexity index is 1290. The Hall–Kier alpha value is -3.04. The normalized spacial score (nSPS) is 11.8. The van der Waals surface area contributed by atoms with Gasteiger partial charge in [-0.2, -0.15) is 13.2 Å². The minimum atomic E-state index is -4.74. The SMILES string of the molecule is CCc1cccc(CC)c1NC(=O)CN(c1cc(C(F)(F)F)ccc1Cl)S(=O)(=O)c1ccccc1. The molecule has 0 aliphatic heterocycles. The van der Waals surface area contributed by atoms with Gasteiger partial charge in [-0.15, -0.1) is 0 Å². The number of aryl methyl sites for hydroxylation is 2. The van der Waals surface area contributed by atoms with E-state index in [-0.39, 0.29) is 9.92 Å². The molecule has 0 bridgehead atoms. The Balaban J connectivity index is 2.09. The summed E-state index contributed by atoms with van der Waals surface area (Å²) < 4.78 is 67.8. The summed E-state index contributed by atoms with van der Waals surface area (Å²) in [6.07, 6.45) is -3.50. The van der Waals surface area contributed by atoms with Crippen LogP contribution in [0.2, 0.25) is 5.02 Å². The number of halogens is 4. The van der Waals surface area contributed by atoms with Crippen LogP contribution in [0.3, 0.4) is 0 Å². The molecular weight excluding hydrogens is 501 g/mol. The van der Waals surface area contributed by atoms with Gasteiger partial charge in [0.15, 0.2) is 0 Å². The van der Waals surface area contributed by atoms with Crippen molar-refractivity contribution in [1.29, 1.82) is 0 Å². The predicted molar refractivity (Wildman–Crippen MR) is 131 cm³/mol. The maximum Gasteiger partial charge on any atom is 0.416 e. The molecule has 0 radical (unpaired) electrons. The van der Waals surface area contributed by atoms with Crippen molar-refractivity contribution in [3.05, 3.63) is 88.4 Å². The lowest BCUT2D eigenvalue weighted by molar-refractivity contribution is -0.137. The lowest BCUT2D eigenvalue weighted by Gasteiger charge is -2.26. The van der Waals surface area contributed by atoms with E-state index in [1.54, 1.807) is 6.07 Å². The molecule has 0 spiro atoms. The van der Waals surface area contributed by atoms with Crippen LogP contribution >= 0.6 is 11.6 Å². The predicted octanol–water partition coefficient (Wildman–Crippen LogP) is 6.32. The van der Waals surface area contributed by atoms with Crippen LogP contribution in [-0.2, 0) is 33.8 Å². The van der Waals surface area contributed by atoms with Crippen molar-refractivity contribution in [3.8, 4) is 0 Å². The molecule has 0 atom stereocenters. The molecule has 0 saturated carbocycles. The third kappa shape index (κ3) is 5.97. The molecule has 5 nitrogen and oxygen atoms in total. The molecule has 0 heterocycles. The van der Waals surface area contributed by atoms with E-state index in [1.807, 2.05) is 32.0 Å². The zero-order valence-corrected chi connectivity index (χ0v) is 20.6. The number of rotatable bonds is 8. The molecule has 0 aliphatic carbocycles. The molecular formula is C25H24ClF3N2O3S. The summed E-state index contributed by atoms with van der Waals surface area (Å²) in [5.41, 5.74) is 0.740. The Morgan fingerprint density at radius 1 is 0.943 bits per heavy atom. The number of alkyl halides is 3. The number of carbonyl (C=O) groups is 1. The molecule has 35 heavy (non-hydrogen) atoms. The lowest BCUT2D eigenvalue weighted by Crippen LogP contribution is -2.38. The van der Waals surface area contributed by atoms with Crippen LogP contribution in [0.4, 0.5) is 24.5 Å². The van der Waals surface area contributed by atoms with E-state index in [2.05, 4.69) is 5.32 Å². The molecule has 0 aliphatic rings. The first-order valence-electron chi connectivity index (χ1n) is 10.8. The summed E-state index contributed by atoms with van der Waals surface area (Å²) in [5, 5.41) is 2.52. The molecule has 3 aromatic rings. The van der Waals surface area contributed by atoms with Gasteiger partial charge >= 0.3 is 6.18 Å². The number of hydrogen-bond donors (Lipinski definition) is 1. The fourth-order valence-corrected chi connectivity index (χ4v) is 5.33. The number of hydrogen-bond acceptors (Lipinski definition) is 3. The van der Waals surface area contributed by atoms with Crippen molar-refractivity contribution in [3.63, 3.8) is 0 Å². The number of nitrogens with zero attached hydrogens (tertiary/aromatic N) is 1. The highest BCUT2D eigenvalue weighted by molar-refractivity contribution is 7.92. The molecule has 186 valence electrons. The minimum Gasteiger partial charge on any atom is -0.324 e. The summed E-state index contributed by atoms with van der Waals surface area (Å²) in [6.45, 7) is 3.05. The van der Waals surface area contributed by atoms with E-state index in [0.717, 1.165) is 23.3 Å². The van der Waals surface area contributed by atoms with Crippen molar-refractivity contribution in [2.75, 3.05) is 16.2 Å². The molecule has 10 heteroatoms. The fourth-order valence-electron chi connectivity index (χ4n) is 3.61. The first-order valence-corrected chi connectivity index (χ1v) is 12.7. The van der Waals surface area contributed by atoms with Crippen molar-refractivity contribution >= 4 is 38.9 Å². The van der Waals surface area contributed by atoms with E-state index in [9.17, 15) is 26.4 Å². The van der Waals surface area contributed by atoms with Crippen LogP contribution in [0.5, 0.6) is 0 Å². The second-order valence-corrected chi connectivity index (χ2v) is 9.96. The van der Waals surface area contributed by atoms with Crippen molar-refractivity contribution in [2.24, 2.45) is 0 Å². The highest BCUT2D eigenvalue weighted by Crippen LogP contribution is 2.37. The van der Waals surface area contributed by atoms with E-state index in [1.165, 1.54) is 24.3 Å². The maximum atomic E-state index is 13.5. The minimum absolute atomic E-state index is 0.190. The zero-order valence-electron chi connectivity index (χ0n) is 19.1. The van der Waals surface area contributed by atoms with E-state index in [4.69, 9.17) is 11.6 Å². The third-order valence-corrected chi connectivity index (χ3v) is 7.52. The average molecular weight is 525 g/mol. The zero-order chi connectivity index (χ0) is 25.8. The van der Waals surface area contributed by atoms with Crippen LogP contribution in [-0.4, -0.2) is 20.9 Å². The number of benzene rings is 3. The van der Waals surface area contributed by atoms with Gasteiger partial charge in [0.1, 0.15) is 6.54 Å². The summed E-state index contributed by atoms with van der Waals surface area (Å²) in [4.78, 5) is 12.9. The molecule has 3 rings (SSSR count). The Morgan fingerprint density at radius 2 is 1.54 bits per heavy atom. The number of para-hydroxylation sites is 1. The Morgan fingerprint density at radius 3 is 2.09 bits per heavy atom. The van der Waals surface area contributed by atoms with Crippen molar-refractivity contribution in [1.82, 2.24) is 0 Å². The van der Waals surface area contributed by atoms with Gasteiger partial charge in [0.2, 0.25) is 5.91 Å². The largest absolute Gasteiger partial charge is 0.416 e. The lowest BCUT2D eigenvalue weighted by atomic mass is 10.0. The van der Waals surface area contributed by atoms with Crippen LogP contribution in [0.25, 0.3) is 0 Å². The van der Waals surface area contributed by atoms with Crippen LogP contribution in [0.1, 0.15) is 30.5 Å². The van der Waals surface area contributed by atoms with E-state index >= 15 is 0 Å². The van der Waals surface area contributed by atoms with Crippen molar-refractivity contribution < 1.29 is 26.4 Å². The molecule has 0 unspecified atom stereocenters. The number of amides is 1. The van der Waals surface area contributed by atoms with Crippen LogP contribution in [0.15, 0.2) is 71.6 Å². The number of anilines is 2. The topological polar surface area (TPSA) is 66.5 Å². The maximum absolute atomic E-state index is 13.5. The molecule has 1 amide bonds. The van der Waals surface area contributed by atoms with Gasteiger partial charge in [-0.1, -0.05) is 61.8 Å². The van der Waals surface area contributed by atoms with Gasteiger partial charge in [0.25, 0.3) is 10.0 Å². The second-order valence-electron chi connectivity index (χ2n) is 7.70. The number of carbonyl (C=O) groups excluding carboxylic acids is 1. The fraction of sp³-hybridized carbons (Fsp3) is 0.240. The number of sulfonamides is 1. The quantitative estimate of drug-likeness (QED) is 0.375. The Kier molecular flexibility index (Phi) is 8.12. The van der Waals surface area contributed by atoms with Crippen molar-refractivity contribution in [2.45, 2.75) is 37.8 Å². The van der Waals surface area contributed by atoms with Crippen LogP contribution < -0.4 is 9.62 Å². The summed E-state index contributed by atoms with van der Waals surface area (Å²) in [7, 11) is -4.44. The van der Waals surface area contributed by atoms with Gasteiger partial charge < -0.3 is 5.32 Å². The Labute approximate surface area is 207 Å². The molecule has 0 aromatic heterocycles. The highest BCUT2D eigenvalue weighted by atomic mass is 35.5. The summed E-state index contributed by atoms with van der Waals surface area (Å²) >= 11 is 6.17. The summed E-state index contributed by atoms with van der Waals surface area (Å²) in [6, 6.07) is 15.0. The first kappa shape index (κ1) is 26.6. The third-order valence-electron chi connectivity index (χ3n) is 5.42. The van der Waals surface area contributed by atoms with Gasteiger partial charge in [-0.05, 0) is 54.3 Å². The summed E-state index contributed by atoms with van der Waals surface area (Å²) in [5.74, 6) is -0.714.